The van der Waals surface area contributed by atoms with Gasteiger partial charge in [0.25, 0.3) is 5.56 Å². The highest BCUT2D eigenvalue weighted by Gasteiger charge is 2.61. The van der Waals surface area contributed by atoms with Crippen LogP contribution in [0.15, 0.2) is 26.8 Å². The number of nitrogens with zero attached hydrogens (tertiary/aromatic N) is 2. The molecule has 0 spiro atoms. The number of methoxy groups -OCH3 is 1. The predicted octanol–water partition coefficient (Wildman–Crippen LogP) is 5.52. The average molecular weight is 654 g/mol. The van der Waals surface area contributed by atoms with Gasteiger partial charge in [-0.15, -0.1) is 0 Å². The van der Waals surface area contributed by atoms with Crippen molar-refractivity contribution in [1.29, 1.82) is 0 Å². The smallest absolute Gasteiger partial charge is 0.334 e. The molecule has 44 heavy (non-hydrogen) atoms. The minimum Gasteiger partial charge on any atom is -0.475 e. The maximum Gasteiger partial charge on any atom is 0.334 e. The number of aromatic amines is 1. The highest BCUT2D eigenvalue weighted by Crippen LogP contribution is 2.51. The largest absolute Gasteiger partial charge is 0.475 e. The van der Waals surface area contributed by atoms with Gasteiger partial charge in [0.15, 0.2) is 24.8 Å². The van der Waals surface area contributed by atoms with Crippen molar-refractivity contribution in [3.8, 4) is 0 Å². The third kappa shape index (κ3) is 6.44. The zero-order chi connectivity index (χ0) is 33.3. The second-order valence-electron chi connectivity index (χ2n) is 14.1. The molecule has 6 atom stereocenters. The molecule has 250 valence electrons. The minimum absolute atomic E-state index is 0.228. The molecule has 13 heteroatoms. The van der Waals surface area contributed by atoms with Crippen LogP contribution in [0, 0.1) is 0 Å². The van der Waals surface area contributed by atoms with Crippen LogP contribution in [0.3, 0.4) is 0 Å². The number of aliphatic imine (C=N–C) groups is 1. The van der Waals surface area contributed by atoms with Crippen LogP contribution in [-0.4, -0.2) is 76.1 Å². The normalized spacial score (nSPS) is 26.2. The number of hydrogen-bond acceptors (Lipinski definition) is 9. The Morgan fingerprint density at radius 1 is 0.818 bits per heavy atom. The van der Waals surface area contributed by atoms with E-state index in [0.717, 1.165) is 0 Å². The van der Waals surface area contributed by atoms with Crippen molar-refractivity contribution in [3.63, 3.8) is 0 Å². The van der Waals surface area contributed by atoms with E-state index in [4.69, 9.17) is 23.1 Å². The topological polar surface area (TPSA) is 130 Å². The molecule has 3 rings (SSSR count). The Labute approximate surface area is 264 Å². The molecule has 1 saturated heterocycles. The van der Waals surface area contributed by atoms with Gasteiger partial charge in [0.2, 0.25) is 16.6 Å². The van der Waals surface area contributed by atoms with Gasteiger partial charge in [-0.25, -0.2) is 14.6 Å². The highest BCUT2D eigenvalue weighted by atomic mass is 28.4. The summed E-state index contributed by atoms with van der Waals surface area (Å²) < 4.78 is 34.2. The number of rotatable bonds is 13. The van der Waals surface area contributed by atoms with Gasteiger partial charge < -0.3 is 23.1 Å². The number of carbonyl (C=O) groups is 1. The number of nitrogens with one attached hydrogen (secondary N) is 1. The average Bonchev–Trinajstić information content (AvgIpc) is 3.53. The number of aromatic nitrogens is 2. The first-order valence-corrected chi connectivity index (χ1v) is 20.3. The highest BCUT2D eigenvalue weighted by molar-refractivity contribution is 6.78. The summed E-state index contributed by atoms with van der Waals surface area (Å²) in [5.74, 6) is -0.552. The fourth-order valence-electron chi connectivity index (χ4n) is 8.23. The molecule has 0 amide bonds. The fraction of sp³-hybridized carbons (Fsp3) is 0.806. The zero-order valence-electron chi connectivity index (χ0n) is 28.8. The molecule has 0 aliphatic carbocycles. The van der Waals surface area contributed by atoms with Crippen LogP contribution in [-0.2, 0) is 27.9 Å². The third-order valence-electron chi connectivity index (χ3n) is 9.96. The van der Waals surface area contributed by atoms with Crippen molar-refractivity contribution in [2.45, 2.75) is 153 Å². The zero-order valence-corrected chi connectivity index (χ0v) is 30.8. The van der Waals surface area contributed by atoms with E-state index >= 15 is 0 Å². The molecule has 0 saturated carbocycles. The molecule has 0 bridgehead atoms. The maximum atomic E-state index is 13.3. The lowest BCUT2D eigenvalue weighted by atomic mass is 10.0. The van der Waals surface area contributed by atoms with Crippen molar-refractivity contribution in [1.82, 2.24) is 9.55 Å². The predicted molar refractivity (Wildman–Crippen MR) is 176 cm³/mol. The van der Waals surface area contributed by atoms with Gasteiger partial charge in [0.05, 0.1) is 7.11 Å². The van der Waals surface area contributed by atoms with E-state index in [1.54, 1.807) is 0 Å². The summed E-state index contributed by atoms with van der Waals surface area (Å²) in [7, 11) is -3.89. The molecule has 0 unspecified atom stereocenters. The van der Waals surface area contributed by atoms with E-state index in [1.807, 2.05) is 0 Å². The Balaban J connectivity index is 2.35. The van der Waals surface area contributed by atoms with Crippen molar-refractivity contribution in [2.75, 3.05) is 7.11 Å². The summed E-state index contributed by atoms with van der Waals surface area (Å²) >= 11 is 0. The lowest BCUT2D eigenvalue weighted by Crippen LogP contribution is -2.59. The number of carbonyl (C=O) groups excluding carboxylic acids is 1. The Kier molecular flexibility index (Phi) is 11.7. The van der Waals surface area contributed by atoms with Crippen molar-refractivity contribution in [2.24, 2.45) is 4.99 Å². The first kappa shape index (κ1) is 36.4. The summed E-state index contributed by atoms with van der Waals surface area (Å²) in [6, 6.07) is 0.323. The summed E-state index contributed by atoms with van der Waals surface area (Å²) in [5.41, 5.74) is 0.262. The first-order valence-electron chi connectivity index (χ1n) is 16.0. The van der Waals surface area contributed by atoms with Gasteiger partial charge in [-0.1, -0.05) is 83.1 Å². The lowest BCUT2D eigenvalue weighted by molar-refractivity contribution is -0.147. The Morgan fingerprint density at radius 2 is 1.30 bits per heavy atom. The van der Waals surface area contributed by atoms with E-state index in [0.29, 0.717) is 0 Å². The summed E-state index contributed by atoms with van der Waals surface area (Å²) in [4.78, 5) is 45.0. The van der Waals surface area contributed by atoms with E-state index < -0.39 is 70.5 Å². The number of ether oxygens (including phenoxy) is 3. The van der Waals surface area contributed by atoms with E-state index in [9.17, 15) is 14.4 Å². The monoisotopic (exact) mass is 653 g/mol. The lowest BCUT2D eigenvalue weighted by Gasteiger charge is -2.49. The van der Waals surface area contributed by atoms with Crippen LogP contribution in [0.5, 0.6) is 0 Å². The van der Waals surface area contributed by atoms with Crippen molar-refractivity contribution < 1.29 is 27.9 Å². The molecule has 0 radical (unpaired) electrons. The molecular weight excluding hydrogens is 599 g/mol. The molecule has 2 aliphatic rings. The van der Waals surface area contributed by atoms with Gasteiger partial charge in [0.1, 0.15) is 18.3 Å². The molecule has 1 N–H and O–H groups in total. The van der Waals surface area contributed by atoms with Crippen molar-refractivity contribution >= 4 is 29.0 Å². The van der Waals surface area contributed by atoms with Crippen LogP contribution in [0.1, 0.15) is 89.3 Å². The Morgan fingerprint density at radius 3 is 1.73 bits per heavy atom. The van der Waals surface area contributed by atoms with Crippen LogP contribution in [0.2, 0.25) is 33.2 Å². The molecule has 0 aromatic carbocycles. The van der Waals surface area contributed by atoms with Gasteiger partial charge >= 0.3 is 11.7 Å². The molecule has 1 aromatic heterocycles. The van der Waals surface area contributed by atoms with Crippen LogP contribution < -0.4 is 11.2 Å². The van der Waals surface area contributed by atoms with Crippen molar-refractivity contribution in [3.05, 3.63) is 33.1 Å². The Bertz CT molecular complexity index is 1230. The number of esters is 1. The quantitative estimate of drug-likeness (QED) is 0.218. The Hall–Kier alpha value is -2.07. The minimum atomic E-state index is -2.60. The standard InChI is InChI=1S/C31H55N3O8Si2/c1-17(2)43(18(3)4,19(5)6)41-27-26(25-24(30(36)38-13)32-16-39-25)40-29(34-15-14-23(35)33-31(34)37)28(27)42-44(20(7)8,21(9)10)22(11)12/h14-22,24-29H,1-13H3,(H,33,35,37)/t24-,25-,26+,27+,28+,29+/m0/s1. The molecular formula is C31H55N3O8Si2. The van der Waals surface area contributed by atoms with Crippen LogP contribution in [0.25, 0.3) is 0 Å². The molecule has 11 nitrogen and oxygen atoms in total. The SMILES string of the molecule is COC(=O)[C@H]1N=CO[C@@H]1[C@H]1O[C@@H](n2ccc(=O)[nH]c2=O)[C@H](O[Si](C(C)C)(C(C)C)C(C)C)[C@@H]1O[Si](C(C)C)(C(C)C)C(C)C. The van der Waals surface area contributed by atoms with Gasteiger partial charge in [0, 0.05) is 12.3 Å². The van der Waals surface area contributed by atoms with E-state index in [1.165, 1.54) is 30.3 Å². The van der Waals surface area contributed by atoms with Crippen LogP contribution >= 0.6 is 0 Å². The van der Waals surface area contributed by atoms with Gasteiger partial charge in [-0.05, 0) is 33.2 Å². The number of H-pyrrole nitrogens is 1. The molecule has 3 heterocycles. The van der Waals surface area contributed by atoms with E-state index in [2.05, 4.69) is 93.1 Å². The van der Waals surface area contributed by atoms with Crippen LogP contribution in [0.4, 0.5) is 0 Å². The molecule has 1 fully saturated rings. The molecule has 2 aliphatic heterocycles. The summed E-state index contributed by atoms with van der Waals surface area (Å²) in [6.45, 7) is 26.5. The molecule has 1 aromatic rings. The van der Waals surface area contributed by atoms with E-state index in [-0.39, 0.29) is 33.2 Å². The number of hydrogen-bond donors (Lipinski definition) is 1. The first-order chi connectivity index (χ1) is 20.5. The summed E-state index contributed by atoms with van der Waals surface area (Å²) in [5, 5.41) is 0. The third-order valence-corrected chi connectivity index (χ3v) is 22.2. The second kappa shape index (κ2) is 14.1. The summed E-state index contributed by atoms with van der Waals surface area (Å²) in [6.07, 6.45) is -1.42. The maximum absolute atomic E-state index is 13.3. The second-order valence-corrected chi connectivity index (χ2v) is 24.9. The fourth-order valence-corrected chi connectivity index (χ4v) is 19.3. The van der Waals surface area contributed by atoms with Gasteiger partial charge in [-0.3, -0.25) is 14.3 Å². The van der Waals surface area contributed by atoms with Gasteiger partial charge in [-0.2, -0.15) is 0 Å².